The molecular formula is C18H25NO3S2. The Morgan fingerprint density at radius 1 is 1.25 bits per heavy atom. The SMILES string of the molecule is CCC[C@H](C)NC(=O)COC(=O)c1ccc(C2SCCCS2)cc1. The molecule has 0 radical (unpaired) electrons. The van der Waals surface area contributed by atoms with Crippen molar-refractivity contribution in [3.05, 3.63) is 35.4 Å². The number of amides is 1. The molecule has 0 unspecified atom stereocenters. The van der Waals surface area contributed by atoms with Crippen molar-refractivity contribution in [1.82, 2.24) is 5.32 Å². The number of thioether (sulfide) groups is 2. The quantitative estimate of drug-likeness (QED) is 0.738. The van der Waals surface area contributed by atoms with E-state index in [9.17, 15) is 9.59 Å². The lowest BCUT2D eigenvalue weighted by atomic mass is 10.1. The van der Waals surface area contributed by atoms with E-state index < -0.39 is 5.97 Å². The Balaban J connectivity index is 1.80. The van der Waals surface area contributed by atoms with Gasteiger partial charge in [-0.3, -0.25) is 4.79 Å². The van der Waals surface area contributed by atoms with Crippen molar-refractivity contribution in [2.24, 2.45) is 0 Å². The Hall–Kier alpha value is -1.14. The summed E-state index contributed by atoms with van der Waals surface area (Å²) in [4.78, 5) is 23.8. The van der Waals surface area contributed by atoms with Gasteiger partial charge in [0.15, 0.2) is 6.61 Å². The van der Waals surface area contributed by atoms with Gasteiger partial charge in [-0.05, 0) is 49.0 Å². The predicted octanol–water partition coefficient (Wildman–Crippen LogP) is 4.02. The van der Waals surface area contributed by atoms with Crippen LogP contribution in [0, 0.1) is 0 Å². The summed E-state index contributed by atoms with van der Waals surface area (Å²) in [5, 5.41) is 2.82. The van der Waals surface area contributed by atoms with E-state index in [0.29, 0.717) is 10.1 Å². The topological polar surface area (TPSA) is 55.4 Å². The molecule has 1 atom stereocenters. The fraction of sp³-hybridized carbons (Fsp3) is 0.556. The maximum Gasteiger partial charge on any atom is 0.338 e. The van der Waals surface area contributed by atoms with Crippen LogP contribution < -0.4 is 5.32 Å². The lowest BCUT2D eigenvalue weighted by Gasteiger charge is -2.21. The molecule has 2 rings (SSSR count). The van der Waals surface area contributed by atoms with Crippen molar-refractivity contribution in [1.29, 1.82) is 0 Å². The van der Waals surface area contributed by atoms with Crippen LogP contribution in [0.4, 0.5) is 0 Å². The van der Waals surface area contributed by atoms with E-state index in [-0.39, 0.29) is 18.6 Å². The fourth-order valence-corrected chi connectivity index (χ4v) is 5.39. The monoisotopic (exact) mass is 367 g/mol. The minimum atomic E-state index is -0.455. The maximum atomic E-state index is 12.0. The third kappa shape index (κ3) is 6.06. The first kappa shape index (κ1) is 19.2. The van der Waals surface area contributed by atoms with E-state index in [2.05, 4.69) is 12.2 Å². The van der Waals surface area contributed by atoms with Crippen LogP contribution in [0.25, 0.3) is 0 Å². The molecule has 1 aromatic rings. The number of rotatable bonds is 7. The average Bonchev–Trinajstić information content (AvgIpc) is 2.61. The number of nitrogens with one attached hydrogen (secondary N) is 1. The zero-order valence-electron chi connectivity index (χ0n) is 14.2. The number of ether oxygens (including phenoxy) is 1. The average molecular weight is 368 g/mol. The molecule has 1 aromatic carbocycles. The van der Waals surface area contributed by atoms with Gasteiger partial charge in [-0.2, -0.15) is 0 Å². The zero-order valence-corrected chi connectivity index (χ0v) is 15.9. The van der Waals surface area contributed by atoms with Gasteiger partial charge in [-0.15, -0.1) is 23.5 Å². The van der Waals surface area contributed by atoms with Crippen LogP contribution in [0.15, 0.2) is 24.3 Å². The van der Waals surface area contributed by atoms with E-state index in [1.54, 1.807) is 12.1 Å². The summed E-state index contributed by atoms with van der Waals surface area (Å²) in [7, 11) is 0. The molecule has 4 nitrogen and oxygen atoms in total. The molecule has 1 saturated heterocycles. The Labute approximate surface area is 152 Å². The molecule has 1 fully saturated rings. The number of esters is 1. The van der Waals surface area contributed by atoms with E-state index in [1.165, 1.54) is 23.5 Å². The summed E-state index contributed by atoms with van der Waals surface area (Å²) in [5.74, 6) is 1.67. The number of carbonyl (C=O) groups excluding carboxylic acids is 2. The number of hydrogen-bond donors (Lipinski definition) is 1. The van der Waals surface area contributed by atoms with Crippen LogP contribution in [-0.2, 0) is 9.53 Å². The van der Waals surface area contributed by atoms with Crippen LogP contribution in [-0.4, -0.2) is 36.0 Å². The second kappa shape index (κ2) is 9.99. The Bertz CT molecular complexity index is 542. The first-order valence-electron chi connectivity index (χ1n) is 8.39. The van der Waals surface area contributed by atoms with Crippen LogP contribution in [0.3, 0.4) is 0 Å². The van der Waals surface area contributed by atoms with Crippen LogP contribution in [0.1, 0.15) is 53.6 Å². The van der Waals surface area contributed by atoms with Crippen molar-refractivity contribution in [3.8, 4) is 0 Å². The summed E-state index contributed by atoms with van der Waals surface area (Å²) in [6.07, 6.45) is 3.18. The van der Waals surface area contributed by atoms with E-state index in [1.807, 2.05) is 42.6 Å². The summed E-state index contributed by atoms with van der Waals surface area (Å²) >= 11 is 3.90. The van der Waals surface area contributed by atoms with Crippen molar-refractivity contribution in [2.75, 3.05) is 18.1 Å². The summed E-state index contributed by atoms with van der Waals surface area (Å²) in [6.45, 7) is 3.78. The molecule has 1 aliphatic rings. The maximum absolute atomic E-state index is 12.0. The number of carbonyl (C=O) groups is 2. The van der Waals surface area contributed by atoms with Crippen molar-refractivity contribution in [2.45, 2.75) is 43.7 Å². The van der Waals surface area contributed by atoms with Crippen molar-refractivity contribution < 1.29 is 14.3 Å². The summed E-state index contributed by atoms with van der Waals surface area (Å²) in [5.41, 5.74) is 1.71. The molecule has 1 amide bonds. The minimum Gasteiger partial charge on any atom is -0.452 e. The van der Waals surface area contributed by atoms with Crippen LogP contribution >= 0.6 is 23.5 Å². The molecule has 1 N–H and O–H groups in total. The molecular weight excluding hydrogens is 342 g/mol. The molecule has 0 spiro atoms. The van der Waals surface area contributed by atoms with E-state index >= 15 is 0 Å². The van der Waals surface area contributed by atoms with Gasteiger partial charge in [0.1, 0.15) is 0 Å². The van der Waals surface area contributed by atoms with E-state index in [4.69, 9.17) is 4.74 Å². The second-order valence-electron chi connectivity index (χ2n) is 5.88. The molecule has 0 bridgehead atoms. The Morgan fingerprint density at radius 2 is 1.92 bits per heavy atom. The molecule has 6 heteroatoms. The van der Waals surface area contributed by atoms with Gasteiger partial charge in [0.2, 0.25) is 0 Å². The molecule has 0 saturated carbocycles. The molecule has 0 aromatic heterocycles. The number of benzene rings is 1. The fourth-order valence-electron chi connectivity index (χ4n) is 2.49. The van der Waals surface area contributed by atoms with Gasteiger partial charge in [0, 0.05) is 6.04 Å². The highest BCUT2D eigenvalue weighted by atomic mass is 32.2. The summed E-state index contributed by atoms with van der Waals surface area (Å²) in [6, 6.07) is 7.63. The third-order valence-corrected chi connectivity index (χ3v) is 6.72. The van der Waals surface area contributed by atoms with Gasteiger partial charge in [-0.1, -0.05) is 25.5 Å². The first-order chi connectivity index (χ1) is 11.6. The Morgan fingerprint density at radius 3 is 2.54 bits per heavy atom. The lowest BCUT2D eigenvalue weighted by molar-refractivity contribution is -0.124. The largest absolute Gasteiger partial charge is 0.452 e. The predicted molar refractivity (Wildman–Crippen MR) is 102 cm³/mol. The lowest BCUT2D eigenvalue weighted by Crippen LogP contribution is -2.35. The van der Waals surface area contributed by atoms with Crippen LogP contribution in [0.2, 0.25) is 0 Å². The Kier molecular flexibility index (Phi) is 7.99. The molecule has 1 aliphatic heterocycles. The van der Waals surface area contributed by atoms with Gasteiger partial charge < -0.3 is 10.1 Å². The van der Waals surface area contributed by atoms with Gasteiger partial charge >= 0.3 is 5.97 Å². The van der Waals surface area contributed by atoms with E-state index in [0.717, 1.165) is 12.8 Å². The smallest absolute Gasteiger partial charge is 0.338 e. The standard InChI is InChI=1S/C18H25NO3S2/c1-3-5-13(2)19-16(20)12-22-17(21)14-6-8-15(9-7-14)18-23-10-4-11-24-18/h6-9,13,18H,3-5,10-12H2,1-2H3,(H,19,20)/t13-/m0/s1. The highest BCUT2D eigenvalue weighted by Crippen LogP contribution is 2.43. The molecule has 24 heavy (non-hydrogen) atoms. The highest BCUT2D eigenvalue weighted by Gasteiger charge is 2.17. The highest BCUT2D eigenvalue weighted by molar-refractivity contribution is 8.16. The van der Waals surface area contributed by atoms with Gasteiger partial charge in [-0.25, -0.2) is 4.79 Å². The molecule has 132 valence electrons. The first-order valence-corrected chi connectivity index (χ1v) is 10.5. The normalized spacial score (nSPS) is 16.4. The minimum absolute atomic E-state index is 0.103. The van der Waals surface area contributed by atoms with Crippen molar-refractivity contribution >= 4 is 35.4 Å². The van der Waals surface area contributed by atoms with Crippen molar-refractivity contribution in [3.63, 3.8) is 0 Å². The zero-order chi connectivity index (χ0) is 17.4. The molecule has 1 heterocycles. The van der Waals surface area contributed by atoms with Gasteiger partial charge in [0.25, 0.3) is 5.91 Å². The van der Waals surface area contributed by atoms with Gasteiger partial charge in [0.05, 0.1) is 10.1 Å². The summed E-state index contributed by atoms with van der Waals surface area (Å²) < 4.78 is 5.55. The second-order valence-corrected chi connectivity index (χ2v) is 8.61. The third-order valence-electron chi connectivity index (χ3n) is 3.71. The van der Waals surface area contributed by atoms with Crippen LogP contribution in [0.5, 0.6) is 0 Å². The molecule has 0 aliphatic carbocycles. The number of hydrogen-bond acceptors (Lipinski definition) is 5.